The van der Waals surface area contributed by atoms with Crippen LogP contribution in [-0.2, 0) is 19.7 Å². The minimum Gasteiger partial charge on any atom is -0.390 e. The molecule has 2 heterocycles. The van der Waals surface area contributed by atoms with E-state index in [0.717, 1.165) is 30.2 Å². The summed E-state index contributed by atoms with van der Waals surface area (Å²) in [5.74, 6) is 0. The zero-order chi connectivity index (χ0) is 15.4. The van der Waals surface area contributed by atoms with Crippen molar-refractivity contribution in [1.82, 2.24) is 24.8 Å². The van der Waals surface area contributed by atoms with Crippen LogP contribution >= 0.6 is 0 Å². The highest BCUT2D eigenvalue weighted by Crippen LogP contribution is 2.14. The van der Waals surface area contributed by atoms with Gasteiger partial charge in [0.15, 0.2) is 0 Å². The molecule has 0 spiro atoms. The van der Waals surface area contributed by atoms with E-state index in [-0.39, 0.29) is 6.61 Å². The molecular weight excluding hydrogens is 280 g/mol. The van der Waals surface area contributed by atoms with E-state index in [1.54, 1.807) is 10.9 Å². The third kappa shape index (κ3) is 2.99. The fourth-order valence-corrected chi connectivity index (χ4v) is 2.22. The Hall–Kier alpha value is -2.67. The van der Waals surface area contributed by atoms with Crippen molar-refractivity contribution >= 4 is 5.69 Å². The molecule has 1 aromatic carbocycles. The van der Waals surface area contributed by atoms with Crippen molar-refractivity contribution in [2.45, 2.75) is 26.6 Å². The molecule has 0 fully saturated rings. The van der Waals surface area contributed by atoms with E-state index < -0.39 is 0 Å². The Morgan fingerprint density at radius 1 is 1.18 bits per heavy atom. The number of nitrogens with zero attached hydrogens (tertiary/aromatic N) is 5. The second-order valence-corrected chi connectivity index (χ2v) is 4.85. The van der Waals surface area contributed by atoms with E-state index in [1.165, 1.54) is 0 Å². The van der Waals surface area contributed by atoms with Crippen molar-refractivity contribution in [3.05, 3.63) is 54.1 Å². The van der Waals surface area contributed by atoms with Crippen LogP contribution in [0.25, 0.3) is 5.69 Å². The zero-order valence-corrected chi connectivity index (χ0v) is 12.3. The Balaban J connectivity index is 1.66. The summed E-state index contributed by atoms with van der Waals surface area (Å²) in [5.41, 5.74) is 3.62. The average molecular weight is 298 g/mol. The Kier molecular flexibility index (Phi) is 4.15. The Labute approximate surface area is 128 Å². The van der Waals surface area contributed by atoms with Gasteiger partial charge in [-0.1, -0.05) is 5.21 Å². The summed E-state index contributed by atoms with van der Waals surface area (Å²) in [7, 11) is 0. The van der Waals surface area contributed by atoms with Gasteiger partial charge in [0.05, 0.1) is 30.7 Å². The molecule has 2 aromatic heterocycles. The zero-order valence-electron chi connectivity index (χ0n) is 12.3. The van der Waals surface area contributed by atoms with E-state index in [1.807, 2.05) is 41.2 Å². The molecule has 0 aliphatic rings. The number of rotatable bonds is 6. The maximum atomic E-state index is 9.01. The Morgan fingerprint density at radius 3 is 2.68 bits per heavy atom. The number of aliphatic hydroxyl groups is 1. The van der Waals surface area contributed by atoms with Gasteiger partial charge in [0.25, 0.3) is 0 Å². The summed E-state index contributed by atoms with van der Waals surface area (Å²) in [6, 6.07) is 9.89. The van der Waals surface area contributed by atoms with Gasteiger partial charge < -0.3 is 10.4 Å². The second-order valence-electron chi connectivity index (χ2n) is 4.85. The van der Waals surface area contributed by atoms with Gasteiger partial charge in [0.1, 0.15) is 5.69 Å². The summed E-state index contributed by atoms with van der Waals surface area (Å²) in [5, 5.41) is 24.5. The molecule has 0 unspecified atom stereocenters. The van der Waals surface area contributed by atoms with Crippen LogP contribution in [-0.4, -0.2) is 29.9 Å². The molecule has 3 aromatic rings. The van der Waals surface area contributed by atoms with E-state index in [2.05, 4.69) is 27.7 Å². The van der Waals surface area contributed by atoms with Crippen LogP contribution in [0, 0.1) is 0 Å². The fourth-order valence-electron chi connectivity index (χ4n) is 2.22. The topological polar surface area (TPSA) is 80.8 Å². The number of hydrogen-bond acceptors (Lipinski definition) is 5. The van der Waals surface area contributed by atoms with Crippen LogP contribution in [0.1, 0.15) is 18.3 Å². The standard InChI is InChI=1S/C15H18N6O/c1-2-20-15(7-8-17-20)9-16-12-3-5-14(6-4-12)21-10-13(11-22)18-19-21/h3-8,10,16,22H,2,9,11H2,1H3. The van der Waals surface area contributed by atoms with E-state index in [4.69, 9.17) is 5.11 Å². The molecule has 0 atom stereocenters. The van der Waals surface area contributed by atoms with E-state index >= 15 is 0 Å². The Morgan fingerprint density at radius 2 is 2.00 bits per heavy atom. The third-order valence-corrected chi connectivity index (χ3v) is 3.41. The van der Waals surface area contributed by atoms with Crippen molar-refractivity contribution < 1.29 is 5.11 Å². The monoisotopic (exact) mass is 298 g/mol. The number of benzene rings is 1. The smallest absolute Gasteiger partial charge is 0.109 e. The number of hydrogen-bond donors (Lipinski definition) is 2. The first-order valence-electron chi connectivity index (χ1n) is 7.17. The van der Waals surface area contributed by atoms with Crippen molar-refractivity contribution in [1.29, 1.82) is 0 Å². The second kappa shape index (κ2) is 6.40. The largest absolute Gasteiger partial charge is 0.390 e. The van der Waals surface area contributed by atoms with Gasteiger partial charge >= 0.3 is 0 Å². The molecule has 22 heavy (non-hydrogen) atoms. The number of aromatic nitrogens is 5. The van der Waals surface area contributed by atoms with Crippen LogP contribution in [0.5, 0.6) is 0 Å². The summed E-state index contributed by atoms with van der Waals surface area (Å²) >= 11 is 0. The lowest BCUT2D eigenvalue weighted by atomic mass is 10.2. The van der Waals surface area contributed by atoms with Crippen molar-refractivity contribution in [2.75, 3.05) is 5.32 Å². The predicted octanol–water partition coefficient (Wildman–Crippen LogP) is 1.59. The number of anilines is 1. The van der Waals surface area contributed by atoms with Crippen molar-refractivity contribution in [3.8, 4) is 5.69 Å². The highest BCUT2D eigenvalue weighted by Gasteiger charge is 2.03. The van der Waals surface area contributed by atoms with E-state index in [0.29, 0.717) is 5.69 Å². The molecule has 0 saturated heterocycles. The summed E-state index contributed by atoms with van der Waals surface area (Å²) in [6.07, 6.45) is 3.52. The van der Waals surface area contributed by atoms with Crippen LogP contribution in [0.3, 0.4) is 0 Å². The van der Waals surface area contributed by atoms with Gasteiger partial charge in [-0.3, -0.25) is 4.68 Å². The molecule has 0 radical (unpaired) electrons. The molecule has 0 aliphatic carbocycles. The van der Waals surface area contributed by atoms with Crippen molar-refractivity contribution in [2.24, 2.45) is 0 Å². The van der Waals surface area contributed by atoms with Gasteiger partial charge in [0, 0.05) is 18.4 Å². The van der Waals surface area contributed by atoms with Gasteiger partial charge in [0.2, 0.25) is 0 Å². The first-order chi connectivity index (χ1) is 10.8. The Bertz CT molecular complexity index is 731. The summed E-state index contributed by atoms with van der Waals surface area (Å²) in [4.78, 5) is 0. The maximum absolute atomic E-state index is 9.01. The molecule has 114 valence electrons. The molecule has 0 aliphatic heterocycles. The average Bonchev–Trinajstić information content (AvgIpc) is 3.22. The third-order valence-electron chi connectivity index (χ3n) is 3.41. The summed E-state index contributed by atoms with van der Waals surface area (Å²) in [6.45, 7) is 3.56. The van der Waals surface area contributed by atoms with E-state index in [9.17, 15) is 0 Å². The highest BCUT2D eigenvalue weighted by atomic mass is 16.3. The van der Waals surface area contributed by atoms with Gasteiger partial charge in [-0.15, -0.1) is 5.10 Å². The van der Waals surface area contributed by atoms with Crippen LogP contribution in [0.15, 0.2) is 42.7 Å². The first-order valence-corrected chi connectivity index (χ1v) is 7.17. The lowest BCUT2D eigenvalue weighted by molar-refractivity contribution is 0.276. The van der Waals surface area contributed by atoms with Gasteiger partial charge in [-0.05, 0) is 37.3 Å². The summed E-state index contributed by atoms with van der Waals surface area (Å²) < 4.78 is 3.61. The van der Waals surface area contributed by atoms with Gasteiger partial charge in [-0.25, -0.2) is 4.68 Å². The highest BCUT2D eigenvalue weighted by molar-refractivity contribution is 5.48. The fraction of sp³-hybridized carbons (Fsp3) is 0.267. The molecule has 2 N–H and O–H groups in total. The number of aryl methyl sites for hydroxylation is 1. The molecule has 7 nitrogen and oxygen atoms in total. The molecule has 0 amide bonds. The molecule has 0 bridgehead atoms. The lowest BCUT2D eigenvalue weighted by Crippen LogP contribution is -2.07. The molecular formula is C15H18N6O. The van der Waals surface area contributed by atoms with Crippen LogP contribution in [0.4, 0.5) is 5.69 Å². The molecule has 7 heteroatoms. The SMILES string of the molecule is CCn1nccc1CNc1ccc(-n2cc(CO)nn2)cc1. The van der Waals surface area contributed by atoms with Crippen LogP contribution < -0.4 is 5.32 Å². The number of nitrogens with one attached hydrogen (secondary N) is 1. The normalized spacial score (nSPS) is 10.8. The number of aliphatic hydroxyl groups excluding tert-OH is 1. The van der Waals surface area contributed by atoms with Gasteiger partial charge in [-0.2, -0.15) is 5.10 Å². The van der Waals surface area contributed by atoms with Crippen molar-refractivity contribution in [3.63, 3.8) is 0 Å². The lowest BCUT2D eigenvalue weighted by Gasteiger charge is -2.09. The minimum atomic E-state index is -0.106. The minimum absolute atomic E-state index is 0.106. The molecule has 3 rings (SSSR count). The quantitative estimate of drug-likeness (QED) is 0.722. The predicted molar refractivity (Wildman–Crippen MR) is 82.5 cm³/mol. The first kappa shape index (κ1) is 14.3. The molecule has 0 saturated carbocycles. The van der Waals surface area contributed by atoms with Crippen LogP contribution in [0.2, 0.25) is 0 Å². The maximum Gasteiger partial charge on any atom is 0.109 e.